The van der Waals surface area contributed by atoms with E-state index < -0.39 is 0 Å². The number of halogens is 1. The summed E-state index contributed by atoms with van der Waals surface area (Å²) in [5.74, 6) is 0. The third-order valence-corrected chi connectivity index (χ3v) is 2.60. The molecule has 0 saturated carbocycles. The van der Waals surface area contributed by atoms with E-state index in [0.717, 1.165) is 0 Å². The maximum Gasteiger partial charge on any atom is 0.149 e. The van der Waals surface area contributed by atoms with Crippen molar-refractivity contribution < 1.29 is 0 Å². The molecule has 0 N–H and O–H groups in total. The fourth-order valence-corrected chi connectivity index (χ4v) is 1.81. The minimum Gasteiger partial charge on any atom is -0.0872 e. The molecule has 0 unspecified atom stereocenters. The maximum atomic E-state index is 2.36. The Kier molecular flexibility index (Phi) is 3.49. The van der Waals surface area contributed by atoms with Crippen molar-refractivity contribution >= 4 is 48.1 Å². The molecule has 0 spiro atoms. The molecule has 3 heteroatoms. The number of rotatable bonds is 2. The van der Waals surface area contributed by atoms with Crippen LogP contribution in [-0.2, 0) is 0 Å². The maximum absolute atomic E-state index is 2.36. The molecule has 0 aliphatic rings. The van der Waals surface area contributed by atoms with E-state index in [0.29, 0.717) is 0 Å². The standard InChI is InChI=1S/C8H9B2I/c1-9-6-3-4-7(10-2)8(11)5-6/h3-5H,1-2H3. The van der Waals surface area contributed by atoms with Crippen molar-refractivity contribution in [1.82, 2.24) is 0 Å². The van der Waals surface area contributed by atoms with Gasteiger partial charge >= 0.3 is 0 Å². The molecule has 0 fully saturated rings. The van der Waals surface area contributed by atoms with Crippen LogP contribution < -0.4 is 10.9 Å². The molecule has 11 heavy (non-hydrogen) atoms. The Labute approximate surface area is 83.4 Å². The Morgan fingerprint density at radius 1 is 1.18 bits per heavy atom. The van der Waals surface area contributed by atoms with Crippen molar-refractivity contribution in [3.63, 3.8) is 0 Å². The van der Waals surface area contributed by atoms with Crippen LogP contribution in [0, 0.1) is 3.57 Å². The van der Waals surface area contributed by atoms with E-state index in [-0.39, 0.29) is 0 Å². The monoisotopic (exact) mass is 254 g/mol. The van der Waals surface area contributed by atoms with Crippen molar-refractivity contribution in [2.45, 2.75) is 13.6 Å². The topological polar surface area (TPSA) is 0 Å². The van der Waals surface area contributed by atoms with Crippen molar-refractivity contribution in [1.29, 1.82) is 0 Å². The van der Waals surface area contributed by atoms with E-state index in [1.54, 1.807) is 0 Å². The molecule has 2 radical (unpaired) electrons. The SMILES string of the molecule is C[B]c1ccc([B]C)c(I)c1. The van der Waals surface area contributed by atoms with Crippen LogP contribution in [0.2, 0.25) is 13.6 Å². The van der Waals surface area contributed by atoms with Gasteiger partial charge in [0.2, 0.25) is 0 Å². The molecule has 1 aromatic carbocycles. The van der Waals surface area contributed by atoms with Crippen LogP contribution in [0.1, 0.15) is 0 Å². The Balaban J connectivity index is 2.99. The van der Waals surface area contributed by atoms with Crippen molar-refractivity contribution in [3.8, 4) is 0 Å². The van der Waals surface area contributed by atoms with Gasteiger partial charge in [-0.2, -0.15) is 0 Å². The third kappa shape index (κ3) is 2.26. The zero-order valence-corrected chi connectivity index (χ0v) is 8.92. The van der Waals surface area contributed by atoms with Crippen molar-refractivity contribution in [3.05, 3.63) is 21.8 Å². The minimum absolute atomic E-state index is 1.29. The first-order valence-electron chi connectivity index (χ1n) is 3.66. The molecule has 0 aliphatic carbocycles. The number of hydrogen-bond donors (Lipinski definition) is 0. The van der Waals surface area contributed by atoms with E-state index in [2.05, 4.69) is 69.0 Å². The summed E-state index contributed by atoms with van der Waals surface area (Å²) in [4.78, 5) is 0. The van der Waals surface area contributed by atoms with Gasteiger partial charge in [-0.3, -0.25) is 0 Å². The van der Waals surface area contributed by atoms with Gasteiger partial charge in [-0.15, -0.1) is 0 Å². The molecule has 54 valence electrons. The van der Waals surface area contributed by atoms with Crippen molar-refractivity contribution in [2.24, 2.45) is 0 Å². The van der Waals surface area contributed by atoms with E-state index in [9.17, 15) is 0 Å². The van der Waals surface area contributed by atoms with Gasteiger partial charge in [-0.1, -0.05) is 42.8 Å². The Morgan fingerprint density at radius 3 is 2.36 bits per heavy atom. The fourth-order valence-electron chi connectivity index (χ4n) is 0.957. The molecule has 1 aromatic rings. The van der Waals surface area contributed by atoms with Crippen LogP contribution in [0.4, 0.5) is 0 Å². The molecular formula is C8H9B2I. The Hall–Kier alpha value is 0.0799. The predicted molar refractivity (Wildman–Crippen MR) is 61.7 cm³/mol. The summed E-state index contributed by atoms with van der Waals surface area (Å²) in [5, 5.41) is 0. The lowest BCUT2D eigenvalue weighted by atomic mass is 9.69. The highest BCUT2D eigenvalue weighted by atomic mass is 127. The first-order valence-corrected chi connectivity index (χ1v) is 4.74. The average molecular weight is 254 g/mol. The van der Waals surface area contributed by atoms with Crippen LogP contribution in [0.5, 0.6) is 0 Å². The lowest BCUT2D eigenvalue weighted by molar-refractivity contribution is 1.75. The molecule has 0 aliphatic heterocycles. The van der Waals surface area contributed by atoms with E-state index >= 15 is 0 Å². The molecule has 0 aromatic heterocycles. The summed E-state index contributed by atoms with van der Waals surface area (Å²) < 4.78 is 1.32. The number of benzene rings is 1. The van der Waals surface area contributed by atoms with Gasteiger partial charge in [-0.25, -0.2) is 0 Å². The zero-order chi connectivity index (χ0) is 8.27. The van der Waals surface area contributed by atoms with Crippen molar-refractivity contribution in [2.75, 3.05) is 0 Å². The summed E-state index contributed by atoms with van der Waals surface area (Å²) in [6.45, 7) is 4.12. The second-order valence-corrected chi connectivity index (χ2v) is 3.52. The van der Waals surface area contributed by atoms with Gasteiger partial charge in [0.25, 0.3) is 0 Å². The lowest BCUT2D eigenvalue weighted by Gasteiger charge is -2.02. The van der Waals surface area contributed by atoms with E-state index in [1.807, 2.05) is 0 Å². The molecule has 0 heterocycles. The largest absolute Gasteiger partial charge is 0.149 e. The predicted octanol–water partition coefficient (Wildman–Crippen LogP) is 1.05. The summed E-state index contributed by atoms with van der Waals surface area (Å²) in [5.41, 5.74) is 2.61. The average Bonchev–Trinajstić information content (AvgIpc) is 2.04. The molecular weight excluding hydrogens is 245 g/mol. The molecule has 0 nitrogen and oxygen atoms in total. The summed E-state index contributed by atoms with van der Waals surface area (Å²) in [7, 11) is 4.24. The third-order valence-electron chi connectivity index (χ3n) is 1.67. The van der Waals surface area contributed by atoms with Gasteiger partial charge in [0.05, 0.1) is 0 Å². The fraction of sp³-hybridized carbons (Fsp3) is 0.250. The van der Waals surface area contributed by atoms with E-state index in [1.165, 1.54) is 14.5 Å². The molecule has 0 bridgehead atoms. The van der Waals surface area contributed by atoms with Crippen LogP contribution in [0.25, 0.3) is 0 Å². The first kappa shape index (κ1) is 9.17. The van der Waals surface area contributed by atoms with Crippen LogP contribution in [0.15, 0.2) is 18.2 Å². The molecule has 0 atom stereocenters. The molecule has 0 amide bonds. The van der Waals surface area contributed by atoms with Gasteiger partial charge < -0.3 is 0 Å². The number of hydrogen-bond acceptors (Lipinski definition) is 0. The van der Waals surface area contributed by atoms with Gasteiger partial charge in [0, 0.05) is 3.57 Å². The second-order valence-electron chi connectivity index (χ2n) is 2.36. The Morgan fingerprint density at radius 2 is 1.91 bits per heavy atom. The Bertz CT molecular complexity index is 248. The lowest BCUT2D eigenvalue weighted by Crippen LogP contribution is -2.20. The van der Waals surface area contributed by atoms with Gasteiger partial charge in [0.15, 0.2) is 0 Å². The zero-order valence-electron chi connectivity index (χ0n) is 6.76. The highest BCUT2D eigenvalue weighted by Crippen LogP contribution is 1.97. The first-order chi connectivity index (χ1) is 5.27. The smallest absolute Gasteiger partial charge is 0.0872 e. The summed E-state index contributed by atoms with van der Waals surface area (Å²) in [6.07, 6.45) is 0. The van der Waals surface area contributed by atoms with Gasteiger partial charge in [0.1, 0.15) is 14.6 Å². The highest BCUT2D eigenvalue weighted by Gasteiger charge is 1.97. The van der Waals surface area contributed by atoms with Crippen LogP contribution >= 0.6 is 22.6 Å². The highest BCUT2D eigenvalue weighted by molar-refractivity contribution is 14.1. The van der Waals surface area contributed by atoms with E-state index in [4.69, 9.17) is 0 Å². The summed E-state index contributed by atoms with van der Waals surface area (Å²) in [6, 6.07) is 6.48. The van der Waals surface area contributed by atoms with Gasteiger partial charge in [-0.05, 0) is 22.6 Å². The molecule has 0 saturated heterocycles. The minimum atomic E-state index is 1.29. The van der Waals surface area contributed by atoms with Crippen LogP contribution in [-0.4, -0.2) is 14.6 Å². The summed E-state index contributed by atoms with van der Waals surface area (Å²) >= 11 is 2.36. The normalized spacial score (nSPS) is 9.36. The second kappa shape index (κ2) is 4.19. The molecule has 1 rings (SSSR count). The van der Waals surface area contributed by atoms with Crippen LogP contribution in [0.3, 0.4) is 0 Å². The quantitative estimate of drug-likeness (QED) is 0.546.